The predicted octanol–water partition coefficient (Wildman–Crippen LogP) is 4.30. The van der Waals surface area contributed by atoms with Gasteiger partial charge in [0.25, 0.3) is 5.91 Å². The summed E-state index contributed by atoms with van der Waals surface area (Å²) in [5.41, 5.74) is 4.45. The smallest absolute Gasteiger partial charge is 0.337 e. The molecule has 6 heteroatoms. The van der Waals surface area contributed by atoms with Crippen molar-refractivity contribution in [1.82, 2.24) is 0 Å². The lowest BCUT2D eigenvalue weighted by Gasteiger charge is -2.16. The number of nitrogens with zero attached hydrogens (tertiary/aromatic N) is 1. The van der Waals surface area contributed by atoms with E-state index in [0.717, 1.165) is 39.4 Å². The molecule has 1 aromatic heterocycles. The van der Waals surface area contributed by atoms with Crippen molar-refractivity contribution >= 4 is 28.9 Å². The van der Waals surface area contributed by atoms with Crippen molar-refractivity contribution in [1.29, 1.82) is 0 Å². The average molecular weight is 391 g/mol. The summed E-state index contributed by atoms with van der Waals surface area (Å²) in [6.45, 7) is 1.09. The zero-order valence-electron chi connectivity index (χ0n) is 15.2. The summed E-state index contributed by atoms with van der Waals surface area (Å²) >= 11 is 1.51. The Kier molecular flexibility index (Phi) is 3.94. The van der Waals surface area contributed by atoms with Crippen molar-refractivity contribution in [3.05, 3.63) is 70.1 Å². The fourth-order valence-electron chi connectivity index (χ4n) is 3.80. The first kappa shape index (κ1) is 17.0. The number of para-hydroxylation sites is 1. The molecule has 3 aromatic rings. The van der Waals surface area contributed by atoms with E-state index in [2.05, 4.69) is 0 Å². The Morgan fingerprint density at radius 3 is 2.82 bits per heavy atom. The summed E-state index contributed by atoms with van der Waals surface area (Å²) in [7, 11) is 1.37. The Labute approximate surface area is 166 Å². The van der Waals surface area contributed by atoms with Crippen molar-refractivity contribution in [2.24, 2.45) is 0 Å². The Bertz CT molecular complexity index is 1120. The van der Waals surface area contributed by atoms with Crippen LogP contribution in [0.1, 0.15) is 31.2 Å². The molecule has 0 bridgehead atoms. The molecule has 0 fully saturated rings. The first-order valence-electron chi connectivity index (χ1n) is 9.03. The SMILES string of the molecule is COC(=O)c1ccc2c(c1)CCN2C(=O)c1cc2c(s1)-c1ccccc1OC2. The van der Waals surface area contributed by atoms with E-state index in [1.807, 2.05) is 42.5 Å². The molecule has 0 spiro atoms. The number of hydrogen-bond donors (Lipinski definition) is 0. The Balaban J connectivity index is 1.47. The number of ether oxygens (including phenoxy) is 2. The third-order valence-electron chi connectivity index (χ3n) is 5.18. The molecule has 1 amide bonds. The molecule has 0 saturated heterocycles. The monoisotopic (exact) mass is 391 g/mol. The van der Waals surface area contributed by atoms with Gasteiger partial charge in [-0.25, -0.2) is 4.79 Å². The number of rotatable bonds is 2. The van der Waals surface area contributed by atoms with Gasteiger partial charge in [-0.1, -0.05) is 12.1 Å². The van der Waals surface area contributed by atoms with Crippen molar-refractivity contribution in [3.63, 3.8) is 0 Å². The van der Waals surface area contributed by atoms with Gasteiger partial charge in [-0.15, -0.1) is 11.3 Å². The van der Waals surface area contributed by atoms with Gasteiger partial charge < -0.3 is 14.4 Å². The standard InChI is InChI=1S/C22H17NO4S/c1-26-22(25)14-6-7-17-13(10-14)8-9-23(17)21(24)19-11-15-12-27-18-5-3-2-4-16(18)20(15)28-19/h2-7,10-11H,8-9,12H2,1H3. The lowest BCUT2D eigenvalue weighted by atomic mass is 10.1. The summed E-state index contributed by atoms with van der Waals surface area (Å²) < 4.78 is 10.6. The van der Waals surface area contributed by atoms with Gasteiger partial charge in [-0.05, 0) is 48.4 Å². The molecule has 5 rings (SSSR count). The molecule has 0 saturated carbocycles. The summed E-state index contributed by atoms with van der Waals surface area (Å²) in [6.07, 6.45) is 0.725. The van der Waals surface area contributed by atoms with Gasteiger partial charge in [0.15, 0.2) is 0 Å². The highest BCUT2D eigenvalue weighted by atomic mass is 32.1. The van der Waals surface area contributed by atoms with Crippen molar-refractivity contribution < 1.29 is 19.1 Å². The van der Waals surface area contributed by atoms with Gasteiger partial charge >= 0.3 is 5.97 Å². The number of fused-ring (bicyclic) bond motifs is 4. The second-order valence-corrected chi connectivity index (χ2v) is 7.84. The van der Waals surface area contributed by atoms with Crippen LogP contribution in [0.15, 0.2) is 48.5 Å². The highest BCUT2D eigenvalue weighted by Gasteiger charge is 2.29. The van der Waals surface area contributed by atoms with Crippen LogP contribution in [-0.4, -0.2) is 25.5 Å². The Morgan fingerprint density at radius 1 is 1.11 bits per heavy atom. The minimum atomic E-state index is -0.364. The Morgan fingerprint density at radius 2 is 1.96 bits per heavy atom. The number of hydrogen-bond acceptors (Lipinski definition) is 5. The molecule has 2 aliphatic rings. The van der Waals surface area contributed by atoms with Crippen LogP contribution in [0.4, 0.5) is 5.69 Å². The van der Waals surface area contributed by atoms with E-state index in [1.54, 1.807) is 11.0 Å². The number of amides is 1. The summed E-state index contributed by atoms with van der Waals surface area (Å²) in [5.74, 6) is 0.483. The van der Waals surface area contributed by atoms with Gasteiger partial charge in [0.05, 0.1) is 17.6 Å². The first-order chi connectivity index (χ1) is 13.7. The number of carbonyl (C=O) groups excluding carboxylic acids is 2. The van der Waals surface area contributed by atoms with Crippen LogP contribution in [-0.2, 0) is 17.8 Å². The van der Waals surface area contributed by atoms with Gasteiger partial charge in [0.2, 0.25) is 0 Å². The maximum absolute atomic E-state index is 13.2. The van der Waals surface area contributed by atoms with Crippen LogP contribution in [0.3, 0.4) is 0 Å². The molecule has 0 atom stereocenters. The van der Waals surface area contributed by atoms with Crippen LogP contribution in [0.2, 0.25) is 0 Å². The maximum Gasteiger partial charge on any atom is 0.337 e. The van der Waals surface area contributed by atoms with Crippen molar-refractivity contribution in [3.8, 4) is 16.2 Å². The van der Waals surface area contributed by atoms with E-state index >= 15 is 0 Å². The number of benzene rings is 2. The van der Waals surface area contributed by atoms with E-state index in [-0.39, 0.29) is 11.9 Å². The number of methoxy groups -OCH3 is 1. The predicted molar refractivity (Wildman–Crippen MR) is 107 cm³/mol. The molecular weight excluding hydrogens is 374 g/mol. The van der Waals surface area contributed by atoms with Crippen molar-refractivity contribution in [2.45, 2.75) is 13.0 Å². The highest BCUT2D eigenvalue weighted by Crippen LogP contribution is 2.43. The summed E-state index contributed by atoms with van der Waals surface area (Å²) in [5, 5.41) is 0. The van der Waals surface area contributed by atoms with Gasteiger partial charge in [-0.2, -0.15) is 0 Å². The molecule has 28 heavy (non-hydrogen) atoms. The molecular formula is C22H17NO4S. The zero-order chi connectivity index (χ0) is 19.3. The molecule has 5 nitrogen and oxygen atoms in total. The van der Waals surface area contributed by atoms with Crippen molar-refractivity contribution in [2.75, 3.05) is 18.6 Å². The number of anilines is 1. The van der Waals surface area contributed by atoms with E-state index in [4.69, 9.17) is 9.47 Å². The van der Waals surface area contributed by atoms with E-state index in [0.29, 0.717) is 23.6 Å². The highest BCUT2D eigenvalue weighted by molar-refractivity contribution is 7.17. The van der Waals surface area contributed by atoms with E-state index in [9.17, 15) is 9.59 Å². The molecule has 0 unspecified atom stereocenters. The van der Waals surface area contributed by atoms with Crippen LogP contribution in [0.25, 0.3) is 10.4 Å². The zero-order valence-corrected chi connectivity index (χ0v) is 16.0. The minimum absolute atomic E-state index is 0.0125. The average Bonchev–Trinajstić information content (AvgIpc) is 3.36. The molecule has 0 radical (unpaired) electrons. The minimum Gasteiger partial charge on any atom is -0.488 e. The topological polar surface area (TPSA) is 55.8 Å². The quantitative estimate of drug-likeness (QED) is 0.612. The van der Waals surface area contributed by atoms with Crippen LogP contribution in [0, 0.1) is 0 Å². The van der Waals surface area contributed by atoms with Crippen LogP contribution in [0.5, 0.6) is 5.75 Å². The second kappa shape index (κ2) is 6.49. The largest absolute Gasteiger partial charge is 0.488 e. The van der Waals surface area contributed by atoms with Crippen LogP contribution < -0.4 is 9.64 Å². The maximum atomic E-state index is 13.2. The molecule has 0 aliphatic carbocycles. The first-order valence-corrected chi connectivity index (χ1v) is 9.85. The number of carbonyl (C=O) groups is 2. The molecule has 140 valence electrons. The molecule has 2 aliphatic heterocycles. The lowest BCUT2D eigenvalue weighted by Crippen LogP contribution is -2.28. The van der Waals surface area contributed by atoms with Gasteiger partial charge in [0, 0.05) is 28.2 Å². The summed E-state index contributed by atoms with van der Waals surface area (Å²) in [4.78, 5) is 28.6. The number of esters is 1. The summed E-state index contributed by atoms with van der Waals surface area (Å²) in [6, 6.07) is 15.2. The lowest BCUT2D eigenvalue weighted by molar-refractivity contribution is 0.0600. The molecule has 0 N–H and O–H groups in total. The normalized spacial score (nSPS) is 14.0. The third kappa shape index (κ3) is 2.60. The van der Waals surface area contributed by atoms with Gasteiger partial charge in [-0.3, -0.25) is 4.79 Å². The Hall–Kier alpha value is -3.12. The van der Waals surface area contributed by atoms with Crippen LogP contribution >= 0.6 is 11.3 Å². The second-order valence-electron chi connectivity index (χ2n) is 6.79. The number of thiophene rings is 1. The molecule has 3 heterocycles. The van der Waals surface area contributed by atoms with E-state index < -0.39 is 0 Å². The third-order valence-corrected chi connectivity index (χ3v) is 6.37. The molecule has 2 aromatic carbocycles. The van der Waals surface area contributed by atoms with E-state index in [1.165, 1.54) is 18.4 Å². The fraction of sp³-hybridized carbons (Fsp3) is 0.182. The van der Waals surface area contributed by atoms with Gasteiger partial charge in [0.1, 0.15) is 12.4 Å². The fourth-order valence-corrected chi connectivity index (χ4v) is 4.94.